The monoisotopic (exact) mass is 404 g/mol. The molecule has 0 saturated carbocycles. The molecule has 0 spiro atoms. The average molecular weight is 404 g/mol. The van der Waals surface area contributed by atoms with Crippen LogP contribution in [-0.2, 0) is 41.6 Å². The van der Waals surface area contributed by atoms with Crippen LogP contribution in [0.15, 0.2) is 24.3 Å². The van der Waals surface area contributed by atoms with E-state index >= 15 is 0 Å². The number of β-lactam (4-membered cyclic amide) rings is 1. The predicted octanol–water partition coefficient (Wildman–Crippen LogP) is 1.35. The van der Waals surface area contributed by atoms with Gasteiger partial charge >= 0.3 is 5.97 Å². The number of hydrogen-bond acceptors (Lipinski definition) is 6. The van der Waals surface area contributed by atoms with E-state index in [1.807, 2.05) is 31.2 Å². The van der Waals surface area contributed by atoms with Crippen LogP contribution in [0, 0.1) is 0 Å². The number of likely N-dealkylation sites (tertiary alicyclic amines) is 1. The van der Waals surface area contributed by atoms with Crippen LogP contribution in [0.2, 0.25) is 0 Å². The number of rotatable bonds is 12. The molecule has 1 aromatic rings. The van der Waals surface area contributed by atoms with Gasteiger partial charge in [0.2, 0.25) is 17.7 Å². The van der Waals surface area contributed by atoms with Crippen LogP contribution in [0.5, 0.6) is 0 Å². The molecule has 1 aromatic carbocycles. The summed E-state index contributed by atoms with van der Waals surface area (Å²) in [5.74, 6) is -0.744. The average Bonchev–Trinajstić information content (AvgIpc) is 2.69. The number of carbonyl (C=O) groups excluding carboxylic acids is 4. The minimum absolute atomic E-state index is 0.0562. The van der Waals surface area contributed by atoms with Gasteiger partial charge in [0, 0.05) is 32.4 Å². The van der Waals surface area contributed by atoms with Crippen LogP contribution in [0.25, 0.3) is 0 Å². The van der Waals surface area contributed by atoms with Crippen molar-refractivity contribution in [3.05, 3.63) is 35.4 Å². The third-order valence-electron chi connectivity index (χ3n) is 4.40. The summed E-state index contributed by atoms with van der Waals surface area (Å²) in [6.45, 7) is 3.36. The summed E-state index contributed by atoms with van der Waals surface area (Å²) in [6.07, 6.45) is 2.36. The van der Waals surface area contributed by atoms with Crippen molar-refractivity contribution in [1.82, 2.24) is 10.2 Å². The van der Waals surface area contributed by atoms with Gasteiger partial charge in [0.05, 0.1) is 19.6 Å². The van der Waals surface area contributed by atoms with Gasteiger partial charge in [-0.2, -0.15) is 0 Å². The molecule has 1 heterocycles. The van der Waals surface area contributed by atoms with Gasteiger partial charge in [-0.3, -0.25) is 24.1 Å². The first kappa shape index (κ1) is 22.5. The fourth-order valence-electron chi connectivity index (χ4n) is 2.66. The molecule has 0 aromatic heterocycles. The maximum atomic E-state index is 11.9. The molecule has 1 aliphatic rings. The van der Waals surface area contributed by atoms with Crippen molar-refractivity contribution in [1.29, 1.82) is 0 Å². The van der Waals surface area contributed by atoms with Gasteiger partial charge in [0.25, 0.3) is 0 Å². The Hall–Kier alpha value is -2.74. The van der Waals surface area contributed by atoms with Crippen LogP contribution in [-0.4, -0.2) is 55.0 Å². The molecule has 1 aliphatic heterocycles. The van der Waals surface area contributed by atoms with Gasteiger partial charge in [0.1, 0.15) is 6.61 Å². The predicted molar refractivity (Wildman–Crippen MR) is 105 cm³/mol. The van der Waals surface area contributed by atoms with Gasteiger partial charge in [-0.1, -0.05) is 31.2 Å². The summed E-state index contributed by atoms with van der Waals surface area (Å²) >= 11 is 0. The first-order chi connectivity index (χ1) is 14.0. The van der Waals surface area contributed by atoms with Gasteiger partial charge in [-0.05, 0) is 17.5 Å². The molecule has 2 rings (SSSR count). The second-order valence-corrected chi connectivity index (χ2v) is 6.84. The molecule has 8 heteroatoms. The molecule has 0 unspecified atom stereocenters. The molecular weight excluding hydrogens is 376 g/mol. The van der Waals surface area contributed by atoms with E-state index in [2.05, 4.69) is 5.32 Å². The third kappa shape index (κ3) is 8.03. The van der Waals surface area contributed by atoms with Crippen LogP contribution >= 0.6 is 0 Å². The molecular formula is C21H28N2O6. The number of esters is 1. The highest BCUT2D eigenvalue weighted by atomic mass is 16.5. The Labute approximate surface area is 170 Å². The molecule has 3 amide bonds. The maximum absolute atomic E-state index is 11.9. The quantitative estimate of drug-likeness (QED) is 0.321. The Bertz CT molecular complexity index is 716. The Morgan fingerprint density at radius 3 is 2.45 bits per heavy atom. The highest BCUT2D eigenvalue weighted by Gasteiger charge is 2.29. The van der Waals surface area contributed by atoms with E-state index in [0.29, 0.717) is 45.6 Å². The van der Waals surface area contributed by atoms with E-state index in [1.54, 1.807) is 0 Å². The minimum atomic E-state index is -0.233. The topological polar surface area (TPSA) is 102 Å². The number of nitrogens with one attached hydrogen (secondary N) is 1. The Kier molecular flexibility index (Phi) is 9.30. The third-order valence-corrected chi connectivity index (χ3v) is 4.40. The van der Waals surface area contributed by atoms with Crippen molar-refractivity contribution < 1.29 is 28.7 Å². The summed E-state index contributed by atoms with van der Waals surface area (Å²) in [5, 5.41) is 2.76. The van der Waals surface area contributed by atoms with E-state index in [-0.39, 0.29) is 36.7 Å². The van der Waals surface area contributed by atoms with E-state index in [1.165, 1.54) is 4.90 Å². The van der Waals surface area contributed by atoms with Crippen LogP contribution < -0.4 is 5.32 Å². The zero-order chi connectivity index (χ0) is 21.1. The fourth-order valence-corrected chi connectivity index (χ4v) is 2.66. The van der Waals surface area contributed by atoms with Crippen LogP contribution in [0.3, 0.4) is 0 Å². The summed E-state index contributed by atoms with van der Waals surface area (Å²) < 4.78 is 10.3. The molecule has 0 bridgehead atoms. The number of hydrogen-bond donors (Lipinski definition) is 1. The van der Waals surface area contributed by atoms with Crippen LogP contribution in [0.1, 0.15) is 43.7 Å². The summed E-state index contributed by atoms with van der Waals surface area (Å²) in [7, 11) is 0. The molecule has 0 radical (unpaired) electrons. The largest absolute Gasteiger partial charge is 0.466 e. The minimum Gasteiger partial charge on any atom is -0.466 e. The van der Waals surface area contributed by atoms with E-state index in [0.717, 1.165) is 17.5 Å². The molecule has 1 N–H and O–H groups in total. The molecule has 1 fully saturated rings. The second-order valence-electron chi connectivity index (χ2n) is 6.84. The van der Waals surface area contributed by atoms with Crippen molar-refractivity contribution in [2.24, 2.45) is 0 Å². The van der Waals surface area contributed by atoms with E-state index < -0.39 is 0 Å². The Morgan fingerprint density at radius 2 is 1.83 bits per heavy atom. The number of nitrogens with zero attached hydrogens (tertiary/aromatic N) is 1. The molecule has 0 aliphatic carbocycles. The highest BCUT2D eigenvalue weighted by Crippen LogP contribution is 2.12. The maximum Gasteiger partial charge on any atom is 0.305 e. The fraction of sp³-hybridized carbons (Fsp3) is 0.524. The lowest BCUT2D eigenvalue weighted by molar-refractivity contribution is -0.152. The molecule has 29 heavy (non-hydrogen) atoms. The number of imide groups is 1. The lowest BCUT2D eigenvalue weighted by atomic mass is 10.1. The Morgan fingerprint density at radius 1 is 1.10 bits per heavy atom. The number of benzene rings is 1. The normalized spacial score (nSPS) is 13.0. The number of carbonyl (C=O) groups is 4. The summed E-state index contributed by atoms with van der Waals surface area (Å²) in [4.78, 5) is 47.5. The zero-order valence-corrected chi connectivity index (χ0v) is 16.8. The number of ether oxygens (including phenoxy) is 2. The van der Waals surface area contributed by atoms with Gasteiger partial charge in [-0.15, -0.1) is 0 Å². The van der Waals surface area contributed by atoms with Crippen molar-refractivity contribution in [3.8, 4) is 0 Å². The van der Waals surface area contributed by atoms with Gasteiger partial charge < -0.3 is 14.8 Å². The summed E-state index contributed by atoms with van der Waals surface area (Å²) in [5.41, 5.74) is 1.73. The molecule has 1 saturated heterocycles. The zero-order valence-electron chi connectivity index (χ0n) is 16.8. The van der Waals surface area contributed by atoms with Gasteiger partial charge in [-0.25, -0.2) is 0 Å². The van der Waals surface area contributed by atoms with E-state index in [9.17, 15) is 19.2 Å². The SMILES string of the molecule is CCCC(=O)OCCCOCC(=O)NCc1ccc(CC(=O)N2CCC2=O)cc1. The van der Waals surface area contributed by atoms with Gasteiger partial charge in [0.15, 0.2) is 0 Å². The van der Waals surface area contributed by atoms with Crippen molar-refractivity contribution in [2.75, 3.05) is 26.4 Å². The molecule has 8 nitrogen and oxygen atoms in total. The first-order valence-electron chi connectivity index (χ1n) is 9.90. The second kappa shape index (κ2) is 12.0. The van der Waals surface area contributed by atoms with Crippen molar-refractivity contribution >= 4 is 23.7 Å². The smallest absolute Gasteiger partial charge is 0.305 e. The standard InChI is InChI=1S/C21H28N2O6/c1-2-4-21(27)29-12-3-11-28-15-18(24)22-14-17-7-5-16(6-8-17)13-20(26)23-10-9-19(23)25/h5-8H,2-4,9-15H2,1H3,(H,22,24). The molecule has 158 valence electrons. The highest BCUT2D eigenvalue weighted by molar-refractivity contribution is 6.00. The lowest BCUT2D eigenvalue weighted by Crippen LogP contribution is -2.48. The van der Waals surface area contributed by atoms with Crippen LogP contribution in [0.4, 0.5) is 0 Å². The molecule has 0 atom stereocenters. The Balaban J connectivity index is 1.57. The van der Waals surface area contributed by atoms with E-state index in [4.69, 9.17) is 9.47 Å². The number of amides is 3. The van der Waals surface area contributed by atoms with Crippen molar-refractivity contribution in [3.63, 3.8) is 0 Å². The van der Waals surface area contributed by atoms with Crippen molar-refractivity contribution in [2.45, 2.75) is 45.6 Å². The lowest BCUT2D eigenvalue weighted by Gasteiger charge is -2.28. The first-order valence-corrected chi connectivity index (χ1v) is 9.90. The summed E-state index contributed by atoms with van der Waals surface area (Å²) in [6, 6.07) is 7.32.